The van der Waals surface area contributed by atoms with E-state index in [9.17, 15) is 14.6 Å². The van der Waals surface area contributed by atoms with Crippen LogP contribution in [0.4, 0.5) is 4.39 Å². The highest BCUT2D eigenvalue weighted by molar-refractivity contribution is 5.19. The predicted octanol–water partition coefficient (Wildman–Crippen LogP) is 2.11. The van der Waals surface area contributed by atoms with Crippen molar-refractivity contribution in [1.29, 1.82) is 0 Å². The SMILES string of the molecule is CCOC1CC(O)C12CCN(CC(O)c1cccc(F)c1)CC2. The van der Waals surface area contributed by atoms with Gasteiger partial charge in [0.2, 0.25) is 0 Å². The standard InChI is InChI=1S/C18H26FNO3/c1-2-23-17-11-16(22)18(17)6-8-20(9-7-18)12-15(21)13-4-3-5-14(19)10-13/h3-5,10,15-17,21-22H,2,6-9,11-12H2,1H3. The second kappa shape index (κ2) is 6.85. The molecule has 3 atom stereocenters. The molecule has 3 unspecified atom stereocenters. The van der Waals surface area contributed by atoms with Crippen LogP contribution in [0.1, 0.15) is 37.9 Å². The lowest BCUT2D eigenvalue weighted by atomic mass is 9.58. The van der Waals surface area contributed by atoms with Crippen LogP contribution in [-0.2, 0) is 4.74 Å². The van der Waals surface area contributed by atoms with Gasteiger partial charge in [-0.1, -0.05) is 12.1 Å². The summed E-state index contributed by atoms with van der Waals surface area (Å²) in [5.74, 6) is -0.323. The molecule has 1 spiro atoms. The number of benzene rings is 1. The fourth-order valence-electron chi connectivity index (χ4n) is 4.03. The zero-order valence-corrected chi connectivity index (χ0v) is 13.6. The summed E-state index contributed by atoms with van der Waals surface area (Å²) in [5.41, 5.74) is 0.511. The third-order valence-electron chi connectivity index (χ3n) is 5.56. The van der Waals surface area contributed by atoms with E-state index in [1.165, 1.54) is 12.1 Å². The molecule has 0 amide bonds. The van der Waals surface area contributed by atoms with Crippen LogP contribution in [0.15, 0.2) is 24.3 Å². The first-order valence-corrected chi connectivity index (χ1v) is 8.50. The average molecular weight is 323 g/mol. The number of aliphatic hydroxyl groups excluding tert-OH is 2. The van der Waals surface area contributed by atoms with Crippen molar-refractivity contribution in [2.45, 2.75) is 44.5 Å². The zero-order chi connectivity index (χ0) is 16.4. The summed E-state index contributed by atoms with van der Waals surface area (Å²) in [7, 11) is 0. The Morgan fingerprint density at radius 1 is 1.39 bits per heavy atom. The summed E-state index contributed by atoms with van der Waals surface area (Å²) in [6.45, 7) is 4.82. The van der Waals surface area contributed by atoms with E-state index >= 15 is 0 Å². The molecular formula is C18H26FNO3. The second-order valence-electron chi connectivity index (χ2n) is 6.80. The molecule has 1 aromatic carbocycles. The number of hydrogen-bond acceptors (Lipinski definition) is 4. The van der Waals surface area contributed by atoms with Crippen molar-refractivity contribution < 1.29 is 19.3 Å². The summed E-state index contributed by atoms with van der Waals surface area (Å²) >= 11 is 0. The van der Waals surface area contributed by atoms with Crippen LogP contribution >= 0.6 is 0 Å². The van der Waals surface area contributed by atoms with Gasteiger partial charge in [-0.15, -0.1) is 0 Å². The molecule has 2 fully saturated rings. The Kier molecular flexibility index (Phi) is 5.01. The maximum atomic E-state index is 13.3. The second-order valence-corrected chi connectivity index (χ2v) is 6.80. The number of piperidine rings is 1. The Morgan fingerprint density at radius 3 is 2.74 bits per heavy atom. The van der Waals surface area contributed by atoms with Gasteiger partial charge in [-0.2, -0.15) is 0 Å². The number of halogens is 1. The maximum absolute atomic E-state index is 13.3. The molecule has 1 aliphatic heterocycles. The Hall–Kier alpha value is -1.01. The van der Waals surface area contributed by atoms with Crippen molar-refractivity contribution in [2.75, 3.05) is 26.2 Å². The molecule has 23 heavy (non-hydrogen) atoms. The molecule has 128 valence electrons. The number of aliphatic hydroxyl groups is 2. The van der Waals surface area contributed by atoms with Crippen LogP contribution in [0.2, 0.25) is 0 Å². The molecule has 1 saturated heterocycles. The van der Waals surface area contributed by atoms with Crippen molar-refractivity contribution in [3.63, 3.8) is 0 Å². The fourth-order valence-corrected chi connectivity index (χ4v) is 4.03. The highest BCUT2D eigenvalue weighted by Gasteiger charge is 2.55. The molecule has 0 radical (unpaired) electrons. The lowest BCUT2D eigenvalue weighted by Crippen LogP contribution is -2.62. The summed E-state index contributed by atoms with van der Waals surface area (Å²) < 4.78 is 19.0. The molecule has 0 aromatic heterocycles. The number of hydrogen-bond donors (Lipinski definition) is 2. The first-order valence-electron chi connectivity index (χ1n) is 8.50. The fraction of sp³-hybridized carbons (Fsp3) is 0.667. The number of rotatable bonds is 5. The van der Waals surface area contributed by atoms with Gasteiger partial charge in [0.1, 0.15) is 5.82 Å². The minimum Gasteiger partial charge on any atom is -0.392 e. The highest BCUT2D eigenvalue weighted by atomic mass is 19.1. The summed E-state index contributed by atoms with van der Waals surface area (Å²) in [4.78, 5) is 2.19. The molecule has 2 N–H and O–H groups in total. The normalized spacial score (nSPS) is 28.5. The van der Waals surface area contributed by atoms with Gasteiger partial charge in [0, 0.05) is 25.0 Å². The molecular weight excluding hydrogens is 297 g/mol. The Bertz CT molecular complexity index is 529. The smallest absolute Gasteiger partial charge is 0.123 e. The number of nitrogens with zero attached hydrogens (tertiary/aromatic N) is 1. The average Bonchev–Trinajstić information content (AvgIpc) is 2.55. The molecule has 2 aliphatic rings. The van der Waals surface area contributed by atoms with Crippen molar-refractivity contribution >= 4 is 0 Å². The van der Waals surface area contributed by atoms with E-state index in [-0.39, 0.29) is 23.4 Å². The first kappa shape index (κ1) is 16.8. The molecule has 1 saturated carbocycles. The van der Waals surface area contributed by atoms with Crippen LogP contribution in [0.5, 0.6) is 0 Å². The van der Waals surface area contributed by atoms with Crippen LogP contribution in [-0.4, -0.2) is 53.6 Å². The molecule has 3 rings (SSSR count). The van der Waals surface area contributed by atoms with Crippen LogP contribution < -0.4 is 0 Å². The monoisotopic (exact) mass is 323 g/mol. The number of β-amino-alcohol motifs (C(OH)–C–C–N with tert-alkyl or cyclic N) is 1. The van der Waals surface area contributed by atoms with Crippen LogP contribution in [0, 0.1) is 11.2 Å². The van der Waals surface area contributed by atoms with Gasteiger partial charge in [0.25, 0.3) is 0 Å². The Labute approximate surface area is 136 Å². The minimum atomic E-state index is -0.686. The van der Waals surface area contributed by atoms with Gasteiger partial charge in [-0.25, -0.2) is 4.39 Å². The minimum absolute atomic E-state index is 0.101. The molecule has 1 aromatic rings. The van der Waals surface area contributed by atoms with Gasteiger partial charge in [-0.3, -0.25) is 0 Å². The summed E-state index contributed by atoms with van der Waals surface area (Å²) in [6, 6.07) is 6.14. The third kappa shape index (κ3) is 3.29. The molecule has 1 heterocycles. The van der Waals surface area contributed by atoms with Gasteiger partial charge in [0.05, 0.1) is 18.3 Å². The molecule has 5 heteroatoms. The van der Waals surface area contributed by atoms with E-state index in [0.717, 1.165) is 32.4 Å². The van der Waals surface area contributed by atoms with Gasteiger partial charge >= 0.3 is 0 Å². The third-order valence-corrected chi connectivity index (χ3v) is 5.56. The van der Waals surface area contributed by atoms with Gasteiger partial charge in [0.15, 0.2) is 0 Å². The van der Waals surface area contributed by atoms with E-state index in [1.807, 2.05) is 6.92 Å². The topological polar surface area (TPSA) is 52.9 Å². The number of ether oxygens (including phenoxy) is 1. The highest BCUT2D eigenvalue weighted by Crippen LogP contribution is 2.51. The Balaban J connectivity index is 1.55. The van der Waals surface area contributed by atoms with E-state index in [1.54, 1.807) is 12.1 Å². The quantitative estimate of drug-likeness (QED) is 0.871. The number of likely N-dealkylation sites (tertiary alicyclic amines) is 1. The molecule has 4 nitrogen and oxygen atoms in total. The Morgan fingerprint density at radius 2 is 2.13 bits per heavy atom. The lowest BCUT2D eigenvalue weighted by molar-refractivity contribution is -0.210. The van der Waals surface area contributed by atoms with Crippen molar-refractivity contribution in [1.82, 2.24) is 4.90 Å². The van der Waals surface area contributed by atoms with Crippen molar-refractivity contribution in [3.8, 4) is 0 Å². The summed E-state index contributed by atoms with van der Waals surface area (Å²) in [6.07, 6.45) is 1.71. The van der Waals surface area contributed by atoms with E-state index in [4.69, 9.17) is 4.74 Å². The largest absolute Gasteiger partial charge is 0.392 e. The lowest BCUT2D eigenvalue weighted by Gasteiger charge is -2.56. The van der Waals surface area contributed by atoms with E-state index in [0.29, 0.717) is 18.7 Å². The molecule has 1 aliphatic carbocycles. The molecule has 0 bridgehead atoms. The first-order chi connectivity index (χ1) is 11.0. The van der Waals surface area contributed by atoms with Crippen LogP contribution in [0.25, 0.3) is 0 Å². The van der Waals surface area contributed by atoms with Crippen LogP contribution in [0.3, 0.4) is 0 Å². The van der Waals surface area contributed by atoms with Gasteiger partial charge < -0.3 is 19.8 Å². The van der Waals surface area contributed by atoms with Crippen molar-refractivity contribution in [3.05, 3.63) is 35.6 Å². The predicted molar refractivity (Wildman–Crippen MR) is 85.5 cm³/mol. The zero-order valence-electron chi connectivity index (χ0n) is 13.6. The maximum Gasteiger partial charge on any atom is 0.123 e. The summed E-state index contributed by atoms with van der Waals surface area (Å²) in [5, 5.41) is 20.5. The van der Waals surface area contributed by atoms with Crippen molar-refractivity contribution in [2.24, 2.45) is 5.41 Å². The van der Waals surface area contributed by atoms with E-state index < -0.39 is 6.10 Å². The van der Waals surface area contributed by atoms with Gasteiger partial charge in [-0.05, 0) is 50.6 Å². The van der Waals surface area contributed by atoms with E-state index in [2.05, 4.69) is 4.90 Å².